The van der Waals surface area contributed by atoms with Gasteiger partial charge in [0.05, 0.1) is 11.9 Å². The normalized spacial score (nSPS) is 14.4. The van der Waals surface area contributed by atoms with Crippen molar-refractivity contribution in [3.05, 3.63) is 71.3 Å². The van der Waals surface area contributed by atoms with E-state index in [2.05, 4.69) is 4.72 Å². The second-order valence-corrected chi connectivity index (χ2v) is 7.05. The first-order valence-electron chi connectivity index (χ1n) is 6.95. The molecule has 0 aliphatic carbocycles. The SMILES string of the molecule is CC(NS(=O)(=O)Cc1cccc(F)c1)C(O)c1ccc(F)cc1. The van der Waals surface area contributed by atoms with E-state index < -0.39 is 39.6 Å². The Labute approximate surface area is 133 Å². The van der Waals surface area contributed by atoms with E-state index >= 15 is 0 Å². The van der Waals surface area contributed by atoms with Gasteiger partial charge in [0.1, 0.15) is 11.6 Å². The number of nitrogens with one attached hydrogen (secondary N) is 1. The van der Waals surface area contributed by atoms with E-state index in [0.717, 1.165) is 6.07 Å². The molecule has 0 aliphatic heterocycles. The lowest BCUT2D eigenvalue weighted by Crippen LogP contribution is -2.37. The van der Waals surface area contributed by atoms with E-state index in [1.54, 1.807) is 0 Å². The number of halogens is 2. The molecule has 23 heavy (non-hydrogen) atoms. The van der Waals surface area contributed by atoms with Crippen LogP contribution >= 0.6 is 0 Å². The van der Waals surface area contributed by atoms with Crippen molar-refractivity contribution in [3.8, 4) is 0 Å². The molecule has 2 N–H and O–H groups in total. The summed E-state index contributed by atoms with van der Waals surface area (Å²) in [5.41, 5.74) is 0.702. The topological polar surface area (TPSA) is 66.4 Å². The third kappa shape index (κ3) is 5.09. The van der Waals surface area contributed by atoms with Gasteiger partial charge in [0.25, 0.3) is 0 Å². The zero-order valence-electron chi connectivity index (χ0n) is 12.4. The van der Waals surface area contributed by atoms with Gasteiger partial charge in [0.2, 0.25) is 10.0 Å². The third-order valence-corrected chi connectivity index (χ3v) is 4.74. The molecule has 0 saturated carbocycles. The quantitative estimate of drug-likeness (QED) is 0.848. The van der Waals surface area contributed by atoms with Crippen molar-refractivity contribution in [1.82, 2.24) is 4.72 Å². The van der Waals surface area contributed by atoms with E-state index in [-0.39, 0.29) is 0 Å². The summed E-state index contributed by atoms with van der Waals surface area (Å²) in [6.07, 6.45) is -1.13. The summed E-state index contributed by atoms with van der Waals surface area (Å²) >= 11 is 0. The van der Waals surface area contributed by atoms with Crippen LogP contribution in [-0.2, 0) is 15.8 Å². The average molecular weight is 341 g/mol. The van der Waals surface area contributed by atoms with Crippen LogP contribution in [0, 0.1) is 11.6 Å². The van der Waals surface area contributed by atoms with Crippen molar-refractivity contribution in [2.75, 3.05) is 0 Å². The molecule has 0 saturated heterocycles. The summed E-state index contributed by atoms with van der Waals surface area (Å²) in [6, 6.07) is 9.62. The maximum atomic E-state index is 13.1. The van der Waals surface area contributed by atoms with E-state index in [0.29, 0.717) is 11.1 Å². The predicted octanol–water partition coefficient (Wildman–Crippen LogP) is 2.51. The van der Waals surface area contributed by atoms with Crippen LogP contribution < -0.4 is 4.72 Å². The zero-order valence-corrected chi connectivity index (χ0v) is 13.2. The molecule has 2 aromatic rings. The van der Waals surface area contributed by atoms with Gasteiger partial charge in [-0.3, -0.25) is 0 Å². The lowest BCUT2D eigenvalue weighted by molar-refractivity contribution is 0.146. The Balaban J connectivity index is 2.05. The maximum Gasteiger partial charge on any atom is 0.216 e. The fourth-order valence-electron chi connectivity index (χ4n) is 2.18. The van der Waals surface area contributed by atoms with Gasteiger partial charge < -0.3 is 5.11 Å². The molecule has 0 spiro atoms. The Kier molecular flexibility index (Phi) is 5.46. The van der Waals surface area contributed by atoms with E-state index in [9.17, 15) is 22.3 Å². The maximum absolute atomic E-state index is 13.1. The molecule has 0 heterocycles. The van der Waals surface area contributed by atoms with Crippen LogP contribution in [0.15, 0.2) is 48.5 Å². The van der Waals surface area contributed by atoms with Crippen LogP contribution in [-0.4, -0.2) is 19.6 Å². The fourth-order valence-corrected chi connectivity index (χ4v) is 3.58. The van der Waals surface area contributed by atoms with Crippen LogP contribution in [0.25, 0.3) is 0 Å². The van der Waals surface area contributed by atoms with Gasteiger partial charge in [-0.25, -0.2) is 21.9 Å². The summed E-state index contributed by atoms with van der Waals surface area (Å²) in [4.78, 5) is 0. The van der Waals surface area contributed by atoms with Crippen molar-refractivity contribution < 1.29 is 22.3 Å². The molecule has 2 unspecified atom stereocenters. The second kappa shape index (κ2) is 7.16. The number of hydrogen-bond acceptors (Lipinski definition) is 3. The van der Waals surface area contributed by atoms with Crippen LogP contribution in [0.3, 0.4) is 0 Å². The number of sulfonamides is 1. The second-order valence-electron chi connectivity index (χ2n) is 5.29. The molecule has 2 atom stereocenters. The van der Waals surface area contributed by atoms with Gasteiger partial charge in [-0.15, -0.1) is 0 Å². The smallest absolute Gasteiger partial charge is 0.216 e. The van der Waals surface area contributed by atoms with Gasteiger partial charge in [-0.2, -0.15) is 0 Å². The number of hydrogen-bond donors (Lipinski definition) is 2. The molecule has 124 valence electrons. The number of aliphatic hydroxyl groups is 1. The summed E-state index contributed by atoms with van der Waals surface area (Å²) < 4.78 is 52.5. The van der Waals surface area contributed by atoms with Gasteiger partial charge in [0, 0.05) is 6.04 Å². The number of rotatable bonds is 6. The molecule has 4 nitrogen and oxygen atoms in total. The molecular formula is C16H17F2NO3S. The molecule has 0 radical (unpaired) electrons. The monoisotopic (exact) mass is 341 g/mol. The van der Waals surface area contributed by atoms with Crippen molar-refractivity contribution in [3.63, 3.8) is 0 Å². The Hall–Kier alpha value is -1.83. The first-order valence-corrected chi connectivity index (χ1v) is 8.60. The first kappa shape index (κ1) is 17.5. The highest BCUT2D eigenvalue weighted by Crippen LogP contribution is 2.18. The molecule has 2 aromatic carbocycles. The number of benzene rings is 2. The van der Waals surface area contributed by atoms with E-state index in [4.69, 9.17) is 0 Å². The lowest BCUT2D eigenvalue weighted by Gasteiger charge is -2.20. The van der Waals surface area contributed by atoms with Gasteiger partial charge in [0.15, 0.2) is 0 Å². The minimum absolute atomic E-state index is 0.306. The standard InChI is InChI=1S/C16H17F2NO3S/c1-11(16(20)13-5-7-14(17)8-6-13)19-23(21,22)10-12-3-2-4-15(18)9-12/h2-9,11,16,19-20H,10H2,1H3. The Bertz CT molecular complexity index is 763. The predicted molar refractivity (Wildman–Crippen MR) is 83.0 cm³/mol. The average Bonchev–Trinajstić information content (AvgIpc) is 2.46. The van der Waals surface area contributed by atoms with Crippen LogP contribution in [0.4, 0.5) is 8.78 Å². The van der Waals surface area contributed by atoms with Crippen molar-refractivity contribution in [1.29, 1.82) is 0 Å². The Morgan fingerprint density at radius 1 is 1.09 bits per heavy atom. The minimum atomic E-state index is -3.76. The van der Waals surface area contributed by atoms with Crippen LogP contribution in [0.2, 0.25) is 0 Å². The van der Waals surface area contributed by atoms with Gasteiger partial charge in [-0.1, -0.05) is 24.3 Å². The van der Waals surface area contributed by atoms with Crippen molar-refractivity contribution in [2.24, 2.45) is 0 Å². The van der Waals surface area contributed by atoms with Gasteiger partial charge in [-0.05, 0) is 42.3 Å². The van der Waals surface area contributed by atoms with E-state index in [1.165, 1.54) is 49.4 Å². The molecule has 0 bridgehead atoms. The highest BCUT2D eigenvalue weighted by atomic mass is 32.2. The highest BCUT2D eigenvalue weighted by Gasteiger charge is 2.22. The van der Waals surface area contributed by atoms with Gasteiger partial charge >= 0.3 is 0 Å². The molecule has 0 aliphatic rings. The Morgan fingerprint density at radius 3 is 2.35 bits per heavy atom. The fraction of sp³-hybridized carbons (Fsp3) is 0.250. The minimum Gasteiger partial charge on any atom is -0.387 e. The molecule has 0 amide bonds. The van der Waals surface area contributed by atoms with E-state index in [1.807, 2.05) is 0 Å². The third-order valence-electron chi connectivity index (χ3n) is 3.30. The summed E-state index contributed by atoms with van der Waals surface area (Å²) in [6.45, 7) is 1.50. The molecule has 0 aromatic heterocycles. The molecule has 0 fully saturated rings. The lowest BCUT2D eigenvalue weighted by atomic mass is 10.0. The van der Waals surface area contributed by atoms with Crippen molar-refractivity contribution in [2.45, 2.75) is 24.8 Å². The van der Waals surface area contributed by atoms with Crippen molar-refractivity contribution >= 4 is 10.0 Å². The highest BCUT2D eigenvalue weighted by molar-refractivity contribution is 7.88. The van der Waals surface area contributed by atoms with Crippen LogP contribution in [0.1, 0.15) is 24.2 Å². The summed E-state index contributed by atoms with van der Waals surface area (Å²) in [5, 5.41) is 10.1. The summed E-state index contributed by atoms with van der Waals surface area (Å²) in [7, 11) is -3.76. The molecule has 7 heteroatoms. The molecular weight excluding hydrogens is 324 g/mol. The van der Waals surface area contributed by atoms with Crippen LogP contribution in [0.5, 0.6) is 0 Å². The molecule has 2 rings (SSSR count). The zero-order chi connectivity index (χ0) is 17.0. The number of aliphatic hydroxyl groups excluding tert-OH is 1. The summed E-state index contributed by atoms with van der Waals surface area (Å²) in [5.74, 6) is -1.36. The first-order chi connectivity index (χ1) is 10.8. The Morgan fingerprint density at radius 2 is 1.74 bits per heavy atom. The largest absolute Gasteiger partial charge is 0.387 e.